The van der Waals surface area contributed by atoms with Crippen LogP contribution in [0, 0.1) is 6.92 Å². The minimum Gasteiger partial charge on any atom is -0.367 e. The van der Waals surface area contributed by atoms with Gasteiger partial charge in [-0.15, -0.1) is 0 Å². The Morgan fingerprint density at radius 1 is 1.50 bits per heavy atom. The molecule has 1 aromatic heterocycles. The molecule has 0 aliphatic carbocycles. The molecule has 0 spiro atoms. The van der Waals surface area contributed by atoms with Gasteiger partial charge in [0.15, 0.2) is 0 Å². The Balaban J connectivity index is 2.84. The molecule has 0 aliphatic rings. The van der Waals surface area contributed by atoms with Gasteiger partial charge in [-0.05, 0) is 24.4 Å². The minimum absolute atomic E-state index is 0.0565. The maximum Gasteiger partial charge on any atom is 0.0723 e. The van der Waals surface area contributed by atoms with E-state index in [9.17, 15) is 0 Å². The van der Waals surface area contributed by atoms with Crippen molar-refractivity contribution in [2.45, 2.75) is 13.5 Å². The first kappa shape index (κ1) is 5.63. The number of H-pyrrole nitrogens is 1. The molecule has 0 atom stereocenters. The highest BCUT2D eigenvalue weighted by Gasteiger charge is 1.88. The number of aryl methyl sites for hydroxylation is 1. The molecular formula is C6H11NSi. The number of rotatable bonds is 1. The fourth-order valence-corrected chi connectivity index (χ4v) is 1.58. The molecule has 1 heterocycles. The molecular weight excluding hydrogens is 114 g/mol. The van der Waals surface area contributed by atoms with Crippen molar-refractivity contribution >= 4 is 14.8 Å². The van der Waals surface area contributed by atoms with Crippen molar-refractivity contribution in [3.8, 4) is 0 Å². The van der Waals surface area contributed by atoms with Crippen molar-refractivity contribution in [1.82, 2.24) is 4.98 Å². The molecule has 0 aromatic carbocycles. The Bertz CT molecular complexity index is 169. The lowest BCUT2D eigenvalue weighted by Crippen LogP contribution is -2.10. The van der Waals surface area contributed by atoms with Crippen LogP contribution in [0.25, 0.3) is 0 Å². The maximum atomic E-state index is 3.29. The van der Waals surface area contributed by atoms with Crippen LogP contribution < -0.4 is 5.32 Å². The smallest absolute Gasteiger partial charge is 0.0723 e. The van der Waals surface area contributed by atoms with Gasteiger partial charge in [-0.2, -0.15) is 0 Å². The van der Waals surface area contributed by atoms with Gasteiger partial charge in [0.25, 0.3) is 0 Å². The molecule has 0 aliphatic heterocycles. The van der Waals surface area contributed by atoms with Crippen LogP contribution in [0.1, 0.15) is 5.69 Å². The molecule has 0 radical (unpaired) electrons. The highest BCUT2D eigenvalue weighted by atomic mass is 28.2. The molecule has 0 bridgehead atoms. The van der Waals surface area contributed by atoms with E-state index >= 15 is 0 Å². The summed E-state index contributed by atoms with van der Waals surface area (Å²) in [5, 5.41) is 1.46. The highest BCUT2D eigenvalue weighted by molar-refractivity contribution is 6.50. The Labute approximate surface area is 51.9 Å². The average molecular weight is 125 g/mol. The fraction of sp³-hybridized carbons (Fsp3) is 0.333. The zero-order valence-corrected chi connectivity index (χ0v) is 6.78. The van der Waals surface area contributed by atoms with Crippen molar-refractivity contribution in [3.63, 3.8) is 0 Å². The molecule has 0 amide bonds. The number of aromatic nitrogens is 1. The molecule has 1 nitrogen and oxygen atoms in total. The second-order valence-electron chi connectivity index (χ2n) is 2.02. The molecule has 2 heteroatoms. The summed E-state index contributed by atoms with van der Waals surface area (Å²) in [5.41, 5.74) is 1.29. The molecule has 0 unspecified atom stereocenters. The Morgan fingerprint density at radius 3 is 2.50 bits per heavy atom. The quantitative estimate of drug-likeness (QED) is 0.515. The third-order valence-electron chi connectivity index (χ3n) is 1.27. The predicted molar refractivity (Wildman–Crippen MR) is 39.6 cm³/mol. The van der Waals surface area contributed by atoms with E-state index < -0.39 is 0 Å². The molecule has 44 valence electrons. The van der Waals surface area contributed by atoms with Gasteiger partial charge in [-0.25, -0.2) is 0 Å². The number of aromatic amines is 1. The van der Waals surface area contributed by atoms with Gasteiger partial charge in [0, 0.05) is 5.69 Å². The SMILES string of the molecule is C[SiH2]c1ccc(C)[nH]1. The summed E-state index contributed by atoms with van der Waals surface area (Å²) >= 11 is 0. The second kappa shape index (κ2) is 2.18. The van der Waals surface area contributed by atoms with E-state index in [4.69, 9.17) is 0 Å². The van der Waals surface area contributed by atoms with Gasteiger partial charge in [0.2, 0.25) is 0 Å². The second-order valence-corrected chi connectivity index (χ2v) is 3.49. The van der Waals surface area contributed by atoms with Gasteiger partial charge < -0.3 is 4.98 Å². The topological polar surface area (TPSA) is 15.8 Å². The van der Waals surface area contributed by atoms with Crippen LogP contribution in [-0.2, 0) is 0 Å². The summed E-state index contributed by atoms with van der Waals surface area (Å²) in [6, 6.07) is 4.31. The van der Waals surface area contributed by atoms with E-state index in [0.717, 1.165) is 0 Å². The van der Waals surface area contributed by atoms with Gasteiger partial charge in [-0.1, -0.05) is 6.55 Å². The first-order valence-corrected chi connectivity index (χ1v) is 5.09. The van der Waals surface area contributed by atoms with Crippen LogP contribution >= 0.6 is 0 Å². The predicted octanol–water partition coefficient (Wildman–Crippen LogP) is 0.165. The van der Waals surface area contributed by atoms with Crippen molar-refractivity contribution in [2.24, 2.45) is 0 Å². The monoisotopic (exact) mass is 125 g/mol. The zero-order chi connectivity index (χ0) is 5.98. The van der Waals surface area contributed by atoms with Crippen molar-refractivity contribution in [1.29, 1.82) is 0 Å². The van der Waals surface area contributed by atoms with E-state index in [-0.39, 0.29) is 9.52 Å². The van der Waals surface area contributed by atoms with Crippen LogP contribution in [0.15, 0.2) is 12.1 Å². The van der Waals surface area contributed by atoms with Gasteiger partial charge in [0.1, 0.15) is 0 Å². The number of nitrogens with one attached hydrogen (secondary N) is 1. The molecule has 1 rings (SSSR count). The third kappa shape index (κ3) is 1.01. The normalized spacial score (nSPS) is 11.2. The van der Waals surface area contributed by atoms with Crippen LogP contribution in [0.3, 0.4) is 0 Å². The Hall–Kier alpha value is -0.503. The van der Waals surface area contributed by atoms with Gasteiger partial charge >= 0.3 is 0 Å². The highest BCUT2D eigenvalue weighted by Crippen LogP contribution is 1.85. The molecule has 0 saturated heterocycles. The number of hydrogen-bond acceptors (Lipinski definition) is 0. The summed E-state index contributed by atoms with van der Waals surface area (Å²) in [4.78, 5) is 3.29. The first-order valence-electron chi connectivity index (χ1n) is 2.97. The molecule has 1 N–H and O–H groups in total. The standard InChI is InChI=1S/C6H11NSi/c1-5-3-4-6(7-5)8-2/h3-4,7H,8H2,1-2H3. The summed E-state index contributed by atoms with van der Waals surface area (Å²) in [6.45, 7) is 4.37. The Kier molecular flexibility index (Phi) is 1.53. The average Bonchev–Trinajstić information content (AvgIpc) is 2.14. The largest absolute Gasteiger partial charge is 0.367 e. The van der Waals surface area contributed by atoms with Gasteiger partial charge in [0.05, 0.1) is 9.52 Å². The van der Waals surface area contributed by atoms with E-state index in [0.29, 0.717) is 0 Å². The molecule has 0 fully saturated rings. The summed E-state index contributed by atoms with van der Waals surface area (Å²) < 4.78 is 0. The van der Waals surface area contributed by atoms with Crippen LogP contribution in [0.4, 0.5) is 0 Å². The lowest BCUT2D eigenvalue weighted by molar-refractivity contribution is 1.29. The van der Waals surface area contributed by atoms with Crippen LogP contribution in [-0.4, -0.2) is 14.5 Å². The summed E-state index contributed by atoms with van der Waals surface area (Å²) in [5.74, 6) is 0. The van der Waals surface area contributed by atoms with Crippen LogP contribution in [0.2, 0.25) is 6.55 Å². The first-order chi connectivity index (χ1) is 3.83. The van der Waals surface area contributed by atoms with Crippen molar-refractivity contribution in [2.75, 3.05) is 0 Å². The molecule has 1 aromatic rings. The van der Waals surface area contributed by atoms with E-state index in [1.807, 2.05) is 0 Å². The molecule has 0 saturated carbocycles. The fourth-order valence-electron chi connectivity index (χ4n) is 0.768. The van der Waals surface area contributed by atoms with E-state index in [2.05, 4.69) is 30.6 Å². The lowest BCUT2D eigenvalue weighted by Gasteiger charge is -1.83. The van der Waals surface area contributed by atoms with E-state index in [1.54, 1.807) is 0 Å². The Morgan fingerprint density at radius 2 is 2.25 bits per heavy atom. The molecule has 8 heavy (non-hydrogen) atoms. The minimum atomic E-state index is 0.0565. The lowest BCUT2D eigenvalue weighted by atomic mass is 10.5. The summed E-state index contributed by atoms with van der Waals surface area (Å²) in [7, 11) is 0.0565. The van der Waals surface area contributed by atoms with E-state index in [1.165, 1.54) is 11.0 Å². The maximum absolute atomic E-state index is 3.29. The third-order valence-corrected chi connectivity index (χ3v) is 2.45. The van der Waals surface area contributed by atoms with Gasteiger partial charge in [-0.3, -0.25) is 0 Å². The zero-order valence-electron chi connectivity index (χ0n) is 5.36. The van der Waals surface area contributed by atoms with Crippen molar-refractivity contribution in [3.05, 3.63) is 17.8 Å². The van der Waals surface area contributed by atoms with Crippen molar-refractivity contribution < 1.29 is 0 Å². The summed E-state index contributed by atoms with van der Waals surface area (Å²) in [6.07, 6.45) is 0. The number of hydrogen-bond donors (Lipinski definition) is 1. The van der Waals surface area contributed by atoms with Crippen LogP contribution in [0.5, 0.6) is 0 Å².